The van der Waals surface area contributed by atoms with Gasteiger partial charge < -0.3 is 5.32 Å². The van der Waals surface area contributed by atoms with Gasteiger partial charge in [0.1, 0.15) is 5.82 Å². The Labute approximate surface area is 143 Å². The van der Waals surface area contributed by atoms with Crippen LogP contribution in [0.5, 0.6) is 0 Å². The number of fused-ring (bicyclic) bond motifs is 1. The van der Waals surface area contributed by atoms with E-state index >= 15 is 0 Å². The lowest BCUT2D eigenvalue weighted by Crippen LogP contribution is -2.01. The van der Waals surface area contributed by atoms with E-state index < -0.39 is 0 Å². The lowest BCUT2D eigenvalue weighted by molar-refractivity contribution is 1.01. The normalized spacial score (nSPS) is 13.9. The first-order valence-electron chi connectivity index (χ1n) is 8.54. The average molecular weight is 314 g/mol. The maximum atomic E-state index is 4.56. The van der Waals surface area contributed by atoms with Crippen molar-refractivity contribution in [2.24, 2.45) is 5.92 Å². The van der Waals surface area contributed by atoms with Gasteiger partial charge in [0.25, 0.3) is 0 Å². The van der Waals surface area contributed by atoms with E-state index in [2.05, 4.69) is 73.2 Å². The topological polar surface area (TPSA) is 24.9 Å². The molecule has 1 aromatic heterocycles. The van der Waals surface area contributed by atoms with Crippen LogP contribution in [-0.4, -0.2) is 4.98 Å². The first-order valence-corrected chi connectivity index (χ1v) is 8.54. The lowest BCUT2D eigenvalue weighted by atomic mass is 9.94. The van der Waals surface area contributed by atoms with E-state index in [4.69, 9.17) is 0 Å². The van der Waals surface area contributed by atoms with Gasteiger partial charge in [0.2, 0.25) is 0 Å². The number of pyridine rings is 1. The van der Waals surface area contributed by atoms with Crippen molar-refractivity contribution < 1.29 is 0 Å². The summed E-state index contributed by atoms with van der Waals surface area (Å²) < 4.78 is 0. The summed E-state index contributed by atoms with van der Waals surface area (Å²) in [5.41, 5.74) is 6.28. The number of aromatic nitrogens is 1. The third-order valence-electron chi connectivity index (χ3n) is 4.85. The molecule has 1 heterocycles. The van der Waals surface area contributed by atoms with Gasteiger partial charge in [-0.3, -0.25) is 0 Å². The fraction of sp³-hybridized carbons (Fsp3) is 0.227. The molecule has 3 aromatic rings. The number of anilines is 1. The van der Waals surface area contributed by atoms with Gasteiger partial charge in [0.15, 0.2) is 0 Å². The Hall–Kier alpha value is -2.61. The highest BCUT2D eigenvalue weighted by Gasteiger charge is 2.24. The first-order chi connectivity index (χ1) is 11.6. The Morgan fingerprint density at radius 2 is 1.79 bits per heavy atom. The molecule has 0 unspecified atom stereocenters. The molecule has 0 radical (unpaired) electrons. The molecule has 1 fully saturated rings. The minimum absolute atomic E-state index is 0.633. The quantitative estimate of drug-likeness (QED) is 0.653. The molecule has 0 amide bonds. The zero-order valence-electron chi connectivity index (χ0n) is 14.3. The van der Waals surface area contributed by atoms with Crippen LogP contribution >= 0.6 is 0 Å². The van der Waals surface area contributed by atoms with Crippen molar-refractivity contribution in [2.45, 2.75) is 26.7 Å². The number of nitrogens with zero attached hydrogens (tertiary/aromatic N) is 1. The van der Waals surface area contributed by atoms with Gasteiger partial charge in [0.05, 0.1) is 0 Å². The molecular formula is C22H22N2. The number of benzene rings is 2. The van der Waals surface area contributed by atoms with Gasteiger partial charge in [0, 0.05) is 17.3 Å². The van der Waals surface area contributed by atoms with Gasteiger partial charge >= 0.3 is 0 Å². The minimum Gasteiger partial charge on any atom is -0.344 e. The fourth-order valence-electron chi connectivity index (χ4n) is 3.33. The number of aryl methyl sites for hydroxylation is 2. The Kier molecular flexibility index (Phi) is 3.61. The Balaban J connectivity index is 1.70. The Morgan fingerprint density at radius 1 is 1.04 bits per heavy atom. The zero-order valence-corrected chi connectivity index (χ0v) is 14.3. The highest BCUT2D eigenvalue weighted by Crippen LogP contribution is 2.36. The van der Waals surface area contributed by atoms with E-state index in [-0.39, 0.29) is 0 Å². The maximum Gasteiger partial charge on any atom is 0.130 e. The summed E-state index contributed by atoms with van der Waals surface area (Å²) in [4.78, 5) is 4.56. The molecule has 0 aliphatic heterocycles. The van der Waals surface area contributed by atoms with Crippen LogP contribution in [0.25, 0.3) is 21.9 Å². The summed E-state index contributed by atoms with van der Waals surface area (Å²) in [5, 5.41) is 5.72. The van der Waals surface area contributed by atoms with E-state index in [1.807, 2.05) is 6.20 Å². The van der Waals surface area contributed by atoms with E-state index in [1.165, 1.54) is 40.5 Å². The van der Waals surface area contributed by atoms with E-state index in [9.17, 15) is 0 Å². The van der Waals surface area contributed by atoms with Crippen LogP contribution in [0.4, 0.5) is 5.82 Å². The summed E-state index contributed by atoms with van der Waals surface area (Å²) in [6, 6.07) is 15.2. The molecule has 0 bridgehead atoms. The first kappa shape index (κ1) is 14.9. The molecule has 1 aliphatic carbocycles. The van der Waals surface area contributed by atoms with Crippen molar-refractivity contribution >= 4 is 16.6 Å². The molecule has 0 saturated heterocycles. The largest absolute Gasteiger partial charge is 0.344 e. The van der Waals surface area contributed by atoms with Crippen molar-refractivity contribution in [3.05, 3.63) is 72.1 Å². The summed E-state index contributed by atoms with van der Waals surface area (Å²) >= 11 is 0. The zero-order chi connectivity index (χ0) is 16.7. The number of hydrogen-bond donors (Lipinski definition) is 1. The van der Waals surface area contributed by atoms with Gasteiger partial charge in [-0.1, -0.05) is 36.9 Å². The second kappa shape index (κ2) is 5.79. The molecule has 2 nitrogen and oxygen atoms in total. The molecular weight excluding hydrogens is 292 g/mol. The molecule has 2 heteroatoms. The second-order valence-corrected chi connectivity index (χ2v) is 6.82. The molecule has 0 spiro atoms. The van der Waals surface area contributed by atoms with Crippen LogP contribution in [0.15, 0.2) is 60.9 Å². The van der Waals surface area contributed by atoms with Crippen molar-refractivity contribution in [2.75, 3.05) is 5.32 Å². The summed E-state index contributed by atoms with van der Waals surface area (Å²) in [6.07, 6.45) is 4.45. The van der Waals surface area contributed by atoms with E-state index in [0.717, 1.165) is 16.9 Å². The van der Waals surface area contributed by atoms with E-state index in [0.29, 0.717) is 5.92 Å². The molecule has 0 atom stereocenters. The fourth-order valence-corrected chi connectivity index (χ4v) is 3.33. The third-order valence-corrected chi connectivity index (χ3v) is 4.85. The average Bonchev–Trinajstić information content (AvgIpc) is 3.39. The maximum absolute atomic E-state index is 4.56. The highest BCUT2D eigenvalue weighted by molar-refractivity contribution is 5.89. The van der Waals surface area contributed by atoms with Crippen molar-refractivity contribution in [3.8, 4) is 11.1 Å². The summed E-state index contributed by atoms with van der Waals surface area (Å²) in [7, 11) is 0. The van der Waals surface area contributed by atoms with E-state index in [1.54, 1.807) is 0 Å². The molecule has 120 valence electrons. The Bertz CT molecular complexity index is 916. The standard InChI is InChI=1S/C22H22N2/c1-14-5-4-6-15(2)22(14)19-10-9-18-12-21(23-13-20(18)11-19)24-16(3)17-7-8-17/h4-6,9-13,17H,3,7-8H2,1-2H3,(H,23,24). The number of nitrogens with one attached hydrogen (secondary N) is 1. The second-order valence-electron chi connectivity index (χ2n) is 6.82. The van der Waals surface area contributed by atoms with Crippen LogP contribution in [0, 0.1) is 19.8 Å². The van der Waals surface area contributed by atoms with Crippen molar-refractivity contribution in [1.82, 2.24) is 4.98 Å². The number of hydrogen-bond acceptors (Lipinski definition) is 2. The monoisotopic (exact) mass is 314 g/mol. The van der Waals surface area contributed by atoms with Crippen LogP contribution in [0.3, 0.4) is 0 Å². The molecule has 24 heavy (non-hydrogen) atoms. The summed E-state index contributed by atoms with van der Waals surface area (Å²) in [5.74, 6) is 1.52. The number of rotatable bonds is 4. The Morgan fingerprint density at radius 3 is 2.50 bits per heavy atom. The molecule has 1 saturated carbocycles. The molecule has 2 aromatic carbocycles. The van der Waals surface area contributed by atoms with Gasteiger partial charge in [-0.05, 0) is 72.4 Å². The van der Waals surface area contributed by atoms with Crippen molar-refractivity contribution in [3.63, 3.8) is 0 Å². The smallest absolute Gasteiger partial charge is 0.130 e. The van der Waals surface area contributed by atoms with Crippen LogP contribution in [0.2, 0.25) is 0 Å². The third kappa shape index (κ3) is 2.80. The van der Waals surface area contributed by atoms with Crippen LogP contribution in [-0.2, 0) is 0 Å². The van der Waals surface area contributed by atoms with Gasteiger partial charge in [-0.25, -0.2) is 4.98 Å². The van der Waals surface area contributed by atoms with Gasteiger partial charge in [-0.2, -0.15) is 0 Å². The van der Waals surface area contributed by atoms with Crippen molar-refractivity contribution in [1.29, 1.82) is 0 Å². The molecule has 1 aliphatic rings. The van der Waals surface area contributed by atoms with Crippen LogP contribution < -0.4 is 5.32 Å². The minimum atomic E-state index is 0.633. The van der Waals surface area contributed by atoms with Crippen LogP contribution in [0.1, 0.15) is 24.0 Å². The number of allylic oxidation sites excluding steroid dienone is 1. The molecule has 4 rings (SSSR count). The van der Waals surface area contributed by atoms with Gasteiger partial charge in [-0.15, -0.1) is 0 Å². The predicted octanol–water partition coefficient (Wildman–Crippen LogP) is 5.85. The summed E-state index contributed by atoms with van der Waals surface area (Å²) in [6.45, 7) is 8.45. The molecule has 1 N–H and O–H groups in total. The SMILES string of the molecule is C=C(Nc1cc2ccc(-c3c(C)cccc3C)cc2cn1)C1CC1. The predicted molar refractivity (Wildman–Crippen MR) is 102 cm³/mol. The lowest BCUT2D eigenvalue weighted by Gasteiger charge is -2.12. The highest BCUT2D eigenvalue weighted by atomic mass is 15.0.